The topological polar surface area (TPSA) is 52.6 Å². The van der Waals surface area contributed by atoms with E-state index in [1.807, 2.05) is 0 Å². The Bertz CT molecular complexity index is 225. The second kappa shape index (κ2) is 10.1. The van der Waals surface area contributed by atoms with E-state index >= 15 is 0 Å². The number of unbranched alkanes of at least 4 members (excludes halogenated alkanes) is 2. The molecule has 0 aromatic carbocycles. The van der Waals surface area contributed by atoms with Crippen LogP contribution in [0, 0.1) is 5.92 Å². The van der Waals surface area contributed by atoms with Crippen LogP contribution in [0.15, 0.2) is 0 Å². The van der Waals surface area contributed by atoms with E-state index in [-0.39, 0.29) is 17.9 Å². The van der Waals surface area contributed by atoms with Gasteiger partial charge in [-0.15, -0.1) is 0 Å². The standard InChI is InChI=1S/C13H24O4/c1-4-8-11(13(15)17-3)9-6-5-7-10-12(14)16-2/h11H,4-10H2,1-3H3. The van der Waals surface area contributed by atoms with Gasteiger partial charge in [-0.1, -0.05) is 26.2 Å². The third-order valence-corrected chi connectivity index (χ3v) is 2.83. The van der Waals surface area contributed by atoms with Gasteiger partial charge in [-0.2, -0.15) is 0 Å². The first-order valence-electron chi connectivity index (χ1n) is 6.30. The minimum absolute atomic E-state index is 0.0168. The number of methoxy groups -OCH3 is 2. The van der Waals surface area contributed by atoms with Gasteiger partial charge in [0.25, 0.3) is 0 Å². The van der Waals surface area contributed by atoms with Gasteiger partial charge < -0.3 is 9.47 Å². The van der Waals surface area contributed by atoms with Crippen molar-refractivity contribution in [2.75, 3.05) is 14.2 Å². The van der Waals surface area contributed by atoms with Crippen LogP contribution in [0.25, 0.3) is 0 Å². The summed E-state index contributed by atoms with van der Waals surface area (Å²) < 4.78 is 9.32. The molecule has 100 valence electrons. The number of rotatable bonds is 9. The molecule has 0 heterocycles. The molecule has 4 nitrogen and oxygen atoms in total. The first kappa shape index (κ1) is 15.9. The minimum atomic E-state index is -0.164. The summed E-state index contributed by atoms with van der Waals surface area (Å²) in [6.07, 6.45) is 5.91. The Labute approximate surface area is 104 Å². The Morgan fingerprint density at radius 3 is 2.24 bits per heavy atom. The Hall–Kier alpha value is -1.06. The third-order valence-electron chi connectivity index (χ3n) is 2.83. The second-order valence-electron chi connectivity index (χ2n) is 4.18. The van der Waals surface area contributed by atoms with Crippen molar-refractivity contribution in [1.29, 1.82) is 0 Å². The highest BCUT2D eigenvalue weighted by Crippen LogP contribution is 2.17. The molecule has 0 aliphatic heterocycles. The van der Waals surface area contributed by atoms with E-state index in [0.29, 0.717) is 6.42 Å². The molecule has 17 heavy (non-hydrogen) atoms. The van der Waals surface area contributed by atoms with Crippen LogP contribution in [0.3, 0.4) is 0 Å². The van der Waals surface area contributed by atoms with Crippen molar-refractivity contribution in [2.45, 2.75) is 51.9 Å². The Balaban J connectivity index is 3.68. The lowest BCUT2D eigenvalue weighted by Crippen LogP contribution is -2.16. The maximum absolute atomic E-state index is 11.4. The molecule has 0 aromatic rings. The predicted molar refractivity (Wildman–Crippen MR) is 65.5 cm³/mol. The van der Waals surface area contributed by atoms with Crippen LogP contribution in [0.4, 0.5) is 0 Å². The zero-order chi connectivity index (χ0) is 13.1. The Morgan fingerprint density at radius 2 is 1.71 bits per heavy atom. The Morgan fingerprint density at radius 1 is 1.00 bits per heavy atom. The molecule has 0 aliphatic rings. The molecule has 0 bridgehead atoms. The predicted octanol–water partition coefficient (Wildman–Crippen LogP) is 2.70. The summed E-state index contributed by atoms with van der Waals surface area (Å²) >= 11 is 0. The van der Waals surface area contributed by atoms with Crippen molar-refractivity contribution in [2.24, 2.45) is 5.92 Å². The van der Waals surface area contributed by atoms with E-state index in [4.69, 9.17) is 4.74 Å². The minimum Gasteiger partial charge on any atom is -0.469 e. The SMILES string of the molecule is CCCC(CCCCCC(=O)OC)C(=O)OC. The summed E-state index contributed by atoms with van der Waals surface area (Å²) in [5, 5.41) is 0. The van der Waals surface area contributed by atoms with E-state index in [2.05, 4.69) is 11.7 Å². The molecular weight excluding hydrogens is 220 g/mol. The lowest BCUT2D eigenvalue weighted by molar-refractivity contribution is -0.146. The van der Waals surface area contributed by atoms with Crippen molar-refractivity contribution in [3.05, 3.63) is 0 Å². The molecule has 0 amide bonds. The maximum atomic E-state index is 11.4. The molecule has 0 aromatic heterocycles. The van der Waals surface area contributed by atoms with Crippen molar-refractivity contribution >= 4 is 11.9 Å². The third kappa shape index (κ3) is 7.77. The maximum Gasteiger partial charge on any atom is 0.308 e. The van der Waals surface area contributed by atoms with Crippen LogP contribution in [0.1, 0.15) is 51.9 Å². The van der Waals surface area contributed by atoms with Gasteiger partial charge in [0, 0.05) is 6.42 Å². The van der Waals surface area contributed by atoms with Crippen LogP contribution >= 0.6 is 0 Å². The summed E-state index contributed by atoms with van der Waals surface area (Å²) in [6, 6.07) is 0. The number of carbonyl (C=O) groups excluding carboxylic acids is 2. The fraction of sp³-hybridized carbons (Fsp3) is 0.846. The molecule has 0 spiro atoms. The highest BCUT2D eigenvalue weighted by molar-refractivity contribution is 5.72. The average molecular weight is 244 g/mol. The van der Waals surface area contributed by atoms with E-state index in [1.165, 1.54) is 14.2 Å². The first-order chi connectivity index (χ1) is 8.15. The number of hydrogen-bond acceptors (Lipinski definition) is 4. The van der Waals surface area contributed by atoms with Crippen molar-refractivity contribution < 1.29 is 19.1 Å². The zero-order valence-corrected chi connectivity index (χ0v) is 11.2. The fourth-order valence-corrected chi connectivity index (χ4v) is 1.83. The van der Waals surface area contributed by atoms with Crippen LogP contribution in [-0.4, -0.2) is 26.2 Å². The van der Waals surface area contributed by atoms with Crippen LogP contribution in [0.2, 0.25) is 0 Å². The molecule has 4 heteroatoms. The summed E-state index contributed by atoms with van der Waals surface area (Å²) in [5.41, 5.74) is 0. The lowest BCUT2D eigenvalue weighted by atomic mass is 9.96. The van der Waals surface area contributed by atoms with Gasteiger partial charge in [0.2, 0.25) is 0 Å². The molecule has 1 unspecified atom stereocenters. The molecule has 0 fully saturated rings. The smallest absolute Gasteiger partial charge is 0.308 e. The largest absolute Gasteiger partial charge is 0.469 e. The molecule has 0 N–H and O–H groups in total. The molecule has 0 rings (SSSR count). The summed E-state index contributed by atoms with van der Waals surface area (Å²) in [5.74, 6) is -0.258. The number of carbonyl (C=O) groups is 2. The van der Waals surface area contributed by atoms with E-state index in [0.717, 1.165) is 38.5 Å². The number of ether oxygens (including phenoxy) is 2. The monoisotopic (exact) mass is 244 g/mol. The van der Waals surface area contributed by atoms with Crippen molar-refractivity contribution in [3.8, 4) is 0 Å². The lowest BCUT2D eigenvalue weighted by Gasteiger charge is -2.13. The van der Waals surface area contributed by atoms with E-state index < -0.39 is 0 Å². The number of hydrogen-bond donors (Lipinski definition) is 0. The fourth-order valence-electron chi connectivity index (χ4n) is 1.83. The number of esters is 2. The second-order valence-corrected chi connectivity index (χ2v) is 4.18. The molecular formula is C13H24O4. The zero-order valence-electron chi connectivity index (χ0n) is 11.2. The van der Waals surface area contributed by atoms with Crippen LogP contribution in [-0.2, 0) is 19.1 Å². The molecule has 0 saturated heterocycles. The van der Waals surface area contributed by atoms with Gasteiger partial charge in [0.1, 0.15) is 0 Å². The summed E-state index contributed by atoms with van der Waals surface area (Å²) in [4.78, 5) is 22.3. The average Bonchev–Trinajstić information content (AvgIpc) is 2.35. The summed E-state index contributed by atoms with van der Waals surface area (Å²) in [7, 11) is 2.83. The highest BCUT2D eigenvalue weighted by atomic mass is 16.5. The van der Waals surface area contributed by atoms with Crippen molar-refractivity contribution in [3.63, 3.8) is 0 Å². The molecule has 0 saturated carbocycles. The van der Waals surface area contributed by atoms with E-state index in [9.17, 15) is 9.59 Å². The first-order valence-corrected chi connectivity index (χ1v) is 6.30. The van der Waals surface area contributed by atoms with Crippen molar-refractivity contribution in [1.82, 2.24) is 0 Å². The van der Waals surface area contributed by atoms with Gasteiger partial charge >= 0.3 is 11.9 Å². The quantitative estimate of drug-likeness (QED) is 0.462. The molecule has 1 atom stereocenters. The van der Waals surface area contributed by atoms with Gasteiger partial charge in [0.15, 0.2) is 0 Å². The van der Waals surface area contributed by atoms with Gasteiger partial charge in [0.05, 0.1) is 20.1 Å². The Kier molecular flexibility index (Phi) is 9.49. The molecule has 0 radical (unpaired) electrons. The normalized spacial score (nSPS) is 11.9. The summed E-state index contributed by atoms with van der Waals surface area (Å²) in [6.45, 7) is 2.06. The van der Waals surface area contributed by atoms with Crippen LogP contribution < -0.4 is 0 Å². The van der Waals surface area contributed by atoms with Crippen LogP contribution in [0.5, 0.6) is 0 Å². The van der Waals surface area contributed by atoms with Gasteiger partial charge in [-0.3, -0.25) is 9.59 Å². The van der Waals surface area contributed by atoms with E-state index in [1.54, 1.807) is 0 Å². The van der Waals surface area contributed by atoms with Gasteiger partial charge in [-0.25, -0.2) is 0 Å². The van der Waals surface area contributed by atoms with Gasteiger partial charge in [-0.05, 0) is 19.3 Å². The highest BCUT2D eigenvalue weighted by Gasteiger charge is 2.17. The molecule has 0 aliphatic carbocycles.